The Balaban J connectivity index is 2.39. The summed E-state index contributed by atoms with van der Waals surface area (Å²) in [5, 5.41) is 0. The van der Waals surface area contributed by atoms with Gasteiger partial charge in [-0.15, -0.1) is 23.4 Å². The number of halogens is 1. The van der Waals surface area contributed by atoms with E-state index in [-0.39, 0.29) is 0 Å². The quantitative estimate of drug-likeness (QED) is 0.338. The van der Waals surface area contributed by atoms with E-state index in [1.807, 2.05) is 0 Å². The highest BCUT2D eigenvalue weighted by atomic mass is 35.5. The van der Waals surface area contributed by atoms with Crippen molar-refractivity contribution in [1.82, 2.24) is 0 Å². The Hall–Kier alpha value is 0.640. The number of hydrogen-bond donors (Lipinski definition) is 0. The molecular weight excluding hydrogens is 104 g/mol. The van der Waals surface area contributed by atoms with E-state index in [0.29, 0.717) is 0 Å². The van der Waals surface area contributed by atoms with Gasteiger partial charge in [0.25, 0.3) is 0 Å². The zero-order chi connectivity index (χ0) is 5.49. The molecule has 5 heavy (non-hydrogen) atoms. The molecule has 1 aliphatic heterocycles. The lowest BCUT2D eigenvalue weighted by Crippen LogP contribution is -1.81. The summed E-state index contributed by atoms with van der Waals surface area (Å²) in [4.78, 5) is 0. The lowest BCUT2D eigenvalue weighted by atomic mass is 10.6. The Morgan fingerprint density at radius 1 is 2.40 bits per heavy atom. The summed E-state index contributed by atoms with van der Waals surface area (Å²) in [7, 11) is 0. The second-order valence-corrected chi connectivity index (χ2v) is 3.28. The fourth-order valence-electron chi connectivity index (χ4n) is 0.0689. The normalized spacial score (nSPS) is 55.6. The molecule has 30 valence electrons. The predicted molar refractivity (Wildman–Crippen MR) is 26.7 cm³/mol. The minimum Gasteiger partial charge on any atom is -0.136 e. The summed E-state index contributed by atoms with van der Waals surface area (Å²) in [6.07, 6.45) is 0. The maximum atomic E-state index is 6.81. The number of hydrogen-bond acceptors (Lipinski definition) is 1. The second kappa shape index (κ2) is 0.824. The topological polar surface area (TPSA) is 0 Å². The first-order chi connectivity index (χ1) is 3.15. The van der Waals surface area contributed by atoms with Crippen LogP contribution in [0.5, 0.6) is 0 Å². The Kier molecular flexibility index (Phi) is 0.343. The third-order valence-corrected chi connectivity index (χ3v) is 1.91. The minimum atomic E-state index is -0.862. The van der Waals surface area contributed by atoms with Crippen molar-refractivity contribution in [2.75, 3.05) is 5.75 Å². The fourth-order valence-corrected chi connectivity index (χ4v) is 0.370. The van der Waals surface area contributed by atoms with Gasteiger partial charge in [0.2, 0.25) is 0 Å². The summed E-state index contributed by atoms with van der Waals surface area (Å²) in [6.45, 7) is -0.862. The van der Waals surface area contributed by atoms with Gasteiger partial charge in [-0.05, 0) is 6.88 Å². The van der Waals surface area contributed by atoms with Gasteiger partial charge >= 0.3 is 0 Å². The maximum absolute atomic E-state index is 6.81. The van der Waals surface area contributed by atoms with Gasteiger partial charge in [0.1, 0.15) is 0 Å². The molecule has 0 aromatic rings. The van der Waals surface area contributed by atoms with Crippen LogP contribution in [0.25, 0.3) is 0 Å². The molecule has 0 aromatic heterocycles. The monoisotopic (exact) mass is 110 g/mol. The van der Waals surface area contributed by atoms with Crippen LogP contribution < -0.4 is 0 Å². The van der Waals surface area contributed by atoms with E-state index < -0.39 is 11.1 Å². The Labute approximate surface area is 43.7 Å². The van der Waals surface area contributed by atoms with Crippen LogP contribution in [0.1, 0.15) is 9.62 Å². The molecule has 2 heteroatoms. The third kappa shape index (κ3) is 1.02. The number of alkyl halides is 1. The Morgan fingerprint density at radius 2 is 3.00 bits per heavy atom. The molecule has 0 nitrogen and oxygen atoms in total. The third-order valence-electron chi connectivity index (χ3n) is 0.420. The molecule has 1 unspecified atom stereocenters. The molecule has 0 saturated carbocycles. The van der Waals surface area contributed by atoms with Gasteiger partial charge in [-0.2, -0.15) is 0 Å². The first kappa shape index (κ1) is 2.08. The van der Waals surface area contributed by atoms with E-state index in [2.05, 4.69) is 0 Å². The van der Waals surface area contributed by atoms with Crippen molar-refractivity contribution in [2.45, 2.75) is 11.1 Å². The molecule has 1 rings (SSSR count). The van der Waals surface area contributed by atoms with Crippen LogP contribution in [-0.4, -0.2) is 9.96 Å². The first-order valence-corrected chi connectivity index (χ1v) is 2.69. The van der Waals surface area contributed by atoms with Crippen LogP contribution in [-0.2, 0) is 0 Å². The molecule has 1 aliphatic rings. The van der Waals surface area contributed by atoms with Gasteiger partial charge in [-0.3, -0.25) is 0 Å². The van der Waals surface area contributed by atoms with Crippen LogP contribution >= 0.6 is 23.4 Å². The molecule has 0 amide bonds. The van der Waals surface area contributed by atoms with Crippen molar-refractivity contribution in [3.05, 3.63) is 0 Å². The summed E-state index contributed by atoms with van der Waals surface area (Å²) >= 11 is 7.04. The van der Waals surface area contributed by atoms with E-state index in [1.165, 1.54) is 11.8 Å². The van der Waals surface area contributed by atoms with E-state index >= 15 is 0 Å². The van der Waals surface area contributed by atoms with E-state index in [4.69, 9.17) is 14.3 Å². The van der Waals surface area contributed by atoms with E-state index in [0.717, 1.165) is 5.75 Å². The fraction of sp³-hybridized carbons (Fsp3) is 1.00. The molecule has 1 atom stereocenters. The van der Waals surface area contributed by atoms with Crippen molar-refractivity contribution >= 4 is 23.4 Å². The summed E-state index contributed by atoms with van der Waals surface area (Å²) in [6, 6.07) is 0. The standard InChI is InChI=1S/C3H5ClS/c1-3(4)2-5-3/h2H2,1H3/i1D2. The smallest absolute Gasteiger partial charge is 0.0959 e. The molecule has 0 aromatic carbocycles. The van der Waals surface area contributed by atoms with Gasteiger partial charge in [0.15, 0.2) is 0 Å². The van der Waals surface area contributed by atoms with E-state index in [9.17, 15) is 0 Å². The highest BCUT2D eigenvalue weighted by Gasteiger charge is 2.35. The Bertz CT molecular complexity index is 81.0. The molecule has 0 bridgehead atoms. The zero-order valence-electron chi connectivity index (χ0n) is 4.57. The molecule has 1 saturated heterocycles. The van der Waals surface area contributed by atoms with Crippen LogP contribution in [0.3, 0.4) is 0 Å². The first-order valence-electron chi connectivity index (χ1n) is 2.48. The summed E-state index contributed by atoms with van der Waals surface area (Å²) < 4.78 is 13.1. The van der Waals surface area contributed by atoms with Crippen molar-refractivity contribution in [3.8, 4) is 0 Å². The lowest BCUT2D eigenvalue weighted by molar-refractivity contribution is 1.14. The van der Waals surface area contributed by atoms with Gasteiger partial charge in [0.05, 0.1) is 4.21 Å². The van der Waals surface area contributed by atoms with E-state index in [1.54, 1.807) is 0 Å². The van der Waals surface area contributed by atoms with Crippen molar-refractivity contribution in [3.63, 3.8) is 0 Å². The zero-order valence-corrected chi connectivity index (χ0v) is 4.14. The maximum Gasteiger partial charge on any atom is 0.0959 e. The number of rotatable bonds is 0. The molecule has 0 spiro atoms. The highest BCUT2D eigenvalue weighted by Crippen LogP contribution is 2.47. The van der Waals surface area contributed by atoms with Gasteiger partial charge in [0, 0.05) is 8.49 Å². The van der Waals surface area contributed by atoms with Crippen molar-refractivity contribution < 1.29 is 2.74 Å². The van der Waals surface area contributed by atoms with Crippen LogP contribution in [0.4, 0.5) is 0 Å². The molecule has 0 radical (unpaired) electrons. The SMILES string of the molecule is [2H]C([2H])C1(Cl)CS1. The van der Waals surface area contributed by atoms with Crippen molar-refractivity contribution in [1.29, 1.82) is 0 Å². The highest BCUT2D eigenvalue weighted by molar-refractivity contribution is 8.09. The average molecular weight is 111 g/mol. The van der Waals surface area contributed by atoms with Gasteiger partial charge in [-0.25, -0.2) is 0 Å². The average Bonchev–Trinajstić information content (AvgIpc) is 2.21. The van der Waals surface area contributed by atoms with Crippen LogP contribution in [0.2, 0.25) is 0 Å². The lowest BCUT2D eigenvalue weighted by Gasteiger charge is -1.79. The second-order valence-electron chi connectivity index (χ2n) is 1.07. The molecular formula is C3H5ClS. The minimum absolute atomic E-state index is 0.528. The molecule has 1 heterocycles. The molecule has 1 fully saturated rings. The summed E-state index contributed by atoms with van der Waals surface area (Å²) in [5.41, 5.74) is 0. The summed E-state index contributed by atoms with van der Waals surface area (Å²) in [5.74, 6) is 0.770. The van der Waals surface area contributed by atoms with Crippen LogP contribution in [0, 0.1) is 0 Å². The number of thioether (sulfide) groups is 1. The van der Waals surface area contributed by atoms with Gasteiger partial charge in [-0.1, -0.05) is 0 Å². The molecule has 0 N–H and O–H groups in total. The predicted octanol–water partition coefficient (Wildman–Crippen LogP) is 1.69. The van der Waals surface area contributed by atoms with Gasteiger partial charge < -0.3 is 0 Å². The Morgan fingerprint density at radius 3 is 3.00 bits per heavy atom. The largest absolute Gasteiger partial charge is 0.136 e. The molecule has 0 aliphatic carbocycles. The van der Waals surface area contributed by atoms with Crippen molar-refractivity contribution in [2.24, 2.45) is 0 Å². The van der Waals surface area contributed by atoms with Crippen LogP contribution in [0.15, 0.2) is 0 Å².